The topological polar surface area (TPSA) is 69.6 Å². The first-order valence-electron chi connectivity index (χ1n) is 5.83. The van der Waals surface area contributed by atoms with E-state index in [4.69, 9.17) is 11.6 Å². The lowest BCUT2D eigenvalue weighted by Gasteiger charge is -2.24. The summed E-state index contributed by atoms with van der Waals surface area (Å²) in [6.45, 7) is 2.18. The second kappa shape index (κ2) is 6.43. The highest BCUT2D eigenvalue weighted by Gasteiger charge is 2.20. The largest absolute Gasteiger partial charge is 0.478 e. The lowest BCUT2D eigenvalue weighted by molar-refractivity contribution is -0.123. The SMILES string of the molecule is CNC(=O)C(C)CN(C)c1cccc(Cl)c1C(=O)O. The van der Waals surface area contributed by atoms with E-state index >= 15 is 0 Å². The molecule has 0 radical (unpaired) electrons. The zero-order chi connectivity index (χ0) is 14.6. The van der Waals surface area contributed by atoms with Gasteiger partial charge in [-0.3, -0.25) is 4.79 Å². The molecule has 0 spiro atoms. The number of anilines is 1. The Balaban J connectivity index is 3.00. The average molecular weight is 285 g/mol. The van der Waals surface area contributed by atoms with E-state index in [1.807, 2.05) is 0 Å². The Morgan fingerprint density at radius 1 is 1.47 bits per heavy atom. The summed E-state index contributed by atoms with van der Waals surface area (Å²) in [5, 5.41) is 11.9. The standard InChI is InChI=1S/C13H17ClN2O3/c1-8(12(17)15-2)7-16(3)10-6-4-5-9(14)11(10)13(18)19/h4-6,8H,7H2,1-3H3,(H,15,17)(H,18,19). The minimum Gasteiger partial charge on any atom is -0.478 e. The van der Waals surface area contributed by atoms with Crippen LogP contribution < -0.4 is 10.2 Å². The van der Waals surface area contributed by atoms with Gasteiger partial charge >= 0.3 is 5.97 Å². The van der Waals surface area contributed by atoms with Gasteiger partial charge in [-0.05, 0) is 12.1 Å². The lowest BCUT2D eigenvalue weighted by Crippen LogP contribution is -2.34. The number of nitrogens with one attached hydrogen (secondary N) is 1. The number of amides is 1. The fraction of sp³-hybridized carbons (Fsp3) is 0.385. The van der Waals surface area contributed by atoms with Crippen molar-refractivity contribution >= 4 is 29.2 Å². The van der Waals surface area contributed by atoms with Crippen LogP contribution in [-0.4, -0.2) is 37.6 Å². The Kier molecular flexibility index (Phi) is 5.18. The van der Waals surface area contributed by atoms with Crippen LogP contribution in [0, 0.1) is 5.92 Å². The Morgan fingerprint density at radius 2 is 2.11 bits per heavy atom. The van der Waals surface area contributed by atoms with Crippen LogP contribution in [0.3, 0.4) is 0 Å². The molecule has 2 N–H and O–H groups in total. The van der Waals surface area contributed by atoms with Crippen molar-refractivity contribution in [1.29, 1.82) is 0 Å². The van der Waals surface area contributed by atoms with Crippen molar-refractivity contribution in [2.45, 2.75) is 6.92 Å². The van der Waals surface area contributed by atoms with Crippen LogP contribution in [0.4, 0.5) is 5.69 Å². The van der Waals surface area contributed by atoms with Crippen molar-refractivity contribution < 1.29 is 14.7 Å². The zero-order valence-corrected chi connectivity index (χ0v) is 11.9. The molecule has 19 heavy (non-hydrogen) atoms. The second-order valence-corrected chi connectivity index (χ2v) is 4.74. The third-order valence-electron chi connectivity index (χ3n) is 2.86. The van der Waals surface area contributed by atoms with Gasteiger partial charge in [-0.15, -0.1) is 0 Å². The van der Waals surface area contributed by atoms with Gasteiger partial charge in [-0.1, -0.05) is 24.6 Å². The fourth-order valence-electron chi connectivity index (χ4n) is 1.88. The van der Waals surface area contributed by atoms with E-state index in [1.54, 1.807) is 38.1 Å². The molecule has 0 saturated carbocycles. The van der Waals surface area contributed by atoms with Crippen LogP contribution >= 0.6 is 11.6 Å². The predicted octanol–water partition coefficient (Wildman–Crippen LogP) is 1.86. The molecule has 0 aliphatic heterocycles. The molecule has 6 heteroatoms. The van der Waals surface area contributed by atoms with Gasteiger partial charge in [-0.2, -0.15) is 0 Å². The average Bonchev–Trinajstić information content (AvgIpc) is 2.36. The highest BCUT2D eigenvalue weighted by molar-refractivity contribution is 6.34. The number of halogens is 1. The van der Waals surface area contributed by atoms with Crippen molar-refractivity contribution in [3.63, 3.8) is 0 Å². The minimum atomic E-state index is -1.08. The normalized spacial score (nSPS) is 11.8. The smallest absolute Gasteiger partial charge is 0.339 e. The monoisotopic (exact) mass is 284 g/mol. The molecule has 0 aliphatic carbocycles. The minimum absolute atomic E-state index is 0.0516. The number of aromatic carboxylic acids is 1. The number of benzene rings is 1. The molecular weight excluding hydrogens is 268 g/mol. The molecule has 0 aromatic heterocycles. The van der Waals surface area contributed by atoms with E-state index in [-0.39, 0.29) is 22.4 Å². The van der Waals surface area contributed by atoms with Crippen molar-refractivity contribution in [2.75, 3.05) is 25.5 Å². The van der Waals surface area contributed by atoms with Crippen LogP contribution in [0.2, 0.25) is 5.02 Å². The van der Waals surface area contributed by atoms with E-state index in [2.05, 4.69) is 5.32 Å². The van der Waals surface area contributed by atoms with Gasteiger partial charge in [0.25, 0.3) is 0 Å². The van der Waals surface area contributed by atoms with Crippen LogP contribution in [0.15, 0.2) is 18.2 Å². The molecule has 0 bridgehead atoms. The first kappa shape index (κ1) is 15.3. The third kappa shape index (κ3) is 3.61. The maximum Gasteiger partial charge on any atom is 0.339 e. The fourth-order valence-corrected chi connectivity index (χ4v) is 2.13. The van der Waals surface area contributed by atoms with Gasteiger partial charge in [-0.25, -0.2) is 4.79 Å². The number of hydrogen-bond donors (Lipinski definition) is 2. The van der Waals surface area contributed by atoms with Gasteiger partial charge < -0.3 is 15.3 Å². The quantitative estimate of drug-likeness (QED) is 0.866. The maximum absolute atomic E-state index is 11.5. The van der Waals surface area contributed by atoms with Crippen LogP contribution in [-0.2, 0) is 4.79 Å². The molecule has 1 unspecified atom stereocenters. The number of carbonyl (C=O) groups is 2. The van der Waals surface area contributed by atoms with Crippen molar-refractivity contribution in [1.82, 2.24) is 5.32 Å². The summed E-state index contributed by atoms with van der Waals surface area (Å²) in [5.74, 6) is -1.43. The molecule has 0 saturated heterocycles. The number of rotatable bonds is 5. The zero-order valence-electron chi connectivity index (χ0n) is 11.1. The van der Waals surface area contributed by atoms with Crippen molar-refractivity contribution in [3.8, 4) is 0 Å². The first-order chi connectivity index (χ1) is 8.88. The number of carbonyl (C=O) groups excluding carboxylic acids is 1. The van der Waals surface area contributed by atoms with Gasteiger partial charge in [0.05, 0.1) is 16.6 Å². The van der Waals surface area contributed by atoms with E-state index in [9.17, 15) is 14.7 Å². The number of hydrogen-bond acceptors (Lipinski definition) is 3. The Bertz CT molecular complexity index is 491. The van der Waals surface area contributed by atoms with Crippen LogP contribution in [0.25, 0.3) is 0 Å². The summed E-state index contributed by atoms with van der Waals surface area (Å²) in [7, 11) is 3.30. The summed E-state index contributed by atoms with van der Waals surface area (Å²) in [6, 6.07) is 4.89. The van der Waals surface area contributed by atoms with Gasteiger partial charge in [0, 0.05) is 20.6 Å². The summed E-state index contributed by atoms with van der Waals surface area (Å²) < 4.78 is 0. The third-order valence-corrected chi connectivity index (χ3v) is 3.17. The van der Waals surface area contributed by atoms with E-state index in [0.717, 1.165) is 0 Å². The number of carboxylic acids is 1. The Labute approximate surface area is 117 Å². The first-order valence-corrected chi connectivity index (χ1v) is 6.20. The molecule has 1 amide bonds. The molecule has 104 valence electrons. The molecule has 0 heterocycles. The van der Waals surface area contributed by atoms with Crippen molar-refractivity contribution in [3.05, 3.63) is 28.8 Å². The van der Waals surface area contributed by atoms with E-state index < -0.39 is 5.97 Å². The molecule has 1 rings (SSSR count). The Morgan fingerprint density at radius 3 is 2.63 bits per heavy atom. The summed E-state index contributed by atoms with van der Waals surface area (Å²) in [4.78, 5) is 24.4. The molecule has 0 fully saturated rings. The number of carboxylic acid groups (broad SMARTS) is 1. The van der Waals surface area contributed by atoms with Crippen LogP contribution in [0.5, 0.6) is 0 Å². The summed E-state index contributed by atoms with van der Waals surface area (Å²) >= 11 is 5.91. The van der Waals surface area contributed by atoms with Gasteiger partial charge in [0.1, 0.15) is 5.56 Å². The molecule has 1 aromatic rings. The van der Waals surface area contributed by atoms with E-state index in [0.29, 0.717) is 12.2 Å². The van der Waals surface area contributed by atoms with E-state index in [1.165, 1.54) is 6.07 Å². The molecule has 1 atom stereocenters. The highest BCUT2D eigenvalue weighted by atomic mass is 35.5. The number of nitrogens with zero attached hydrogens (tertiary/aromatic N) is 1. The van der Waals surface area contributed by atoms with Gasteiger partial charge in [0.15, 0.2) is 0 Å². The summed E-state index contributed by atoms with van der Waals surface area (Å²) in [6.07, 6.45) is 0. The maximum atomic E-state index is 11.5. The molecule has 0 aliphatic rings. The molecule has 5 nitrogen and oxygen atoms in total. The predicted molar refractivity (Wildman–Crippen MR) is 74.9 cm³/mol. The highest BCUT2D eigenvalue weighted by Crippen LogP contribution is 2.27. The Hall–Kier alpha value is -1.75. The van der Waals surface area contributed by atoms with Gasteiger partial charge in [0.2, 0.25) is 5.91 Å². The van der Waals surface area contributed by atoms with Crippen molar-refractivity contribution in [2.24, 2.45) is 5.92 Å². The molecular formula is C13H17ClN2O3. The molecule has 1 aromatic carbocycles. The lowest BCUT2D eigenvalue weighted by atomic mass is 10.1. The summed E-state index contributed by atoms with van der Waals surface area (Å²) in [5.41, 5.74) is 0.548. The second-order valence-electron chi connectivity index (χ2n) is 4.33. The van der Waals surface area contributed by atoms with Crippen LogP contribution in [0.1, 0.15) is 17.3 Å².